The molecular weight excluding hydrogens is 378 g/mol. The van der Waals surface area contributed by atoms with Crippen LogP contribution in [0.25, 0.3) is 0 Å². The summed E-state index contributed by atoms with van der Waals surface area (Å²) in [5.41, 5.74) is 2.05. The molecule has 2 aliphatic rings. The average Bonchev–Trinajstić information content (AvgIpc) is 3.14. The number of benzene rings is 1. The molecule has 1 aliphatic heterocycles. The van der Waals surface area contributed by atoms with Gasteiger partial charge in [0.2, 0.25) is 0 Å². The van der Waals surface area contributed by atoms with E-state index in [1.54, 1.807) is 12.1 Å². The predicted octanol–water partition coefficient (Wildman–Crippen LogP) is 3.63. The van der Waals surface area contributed by atoms with Crippen LogP contribution in [0.3, 0.4) is 0 Å². The molecule has 1 N–H and O–H groups in total. The lowest BCUT2D eigenvalue weighted by atomic mass is 9.87. The third-order valence-corrected chi connectivity index (χ3v) is 6.45. The molecule has 2 aromatic rings. The lowest BCUT2D eigenvalue weighted by molar-refractivity contribution is -0.118. The fraction of sp³-hybridized carbons (Fsp3) is 0.381. The second kappa shape index (κ2) is 7.75. The molecule has 0 saturated carbocycles. The Morgan fingerprint density at radius 2 is 2.18 bits per heavy atom. The fourth-order valence-corrected chi connectivity index (χ4v) is 4.69. The second-order valence-corrected chi connectivity index (χ2v) is 8.26. The Labute approximate surface area is 166 Å². The van der Waals surface area contributed by atoms with Crippen molar-refractivity contribution >= 4 is 34.7 Å². The van der Waals surface area contributed by atoms with Gasteiger partial charge in [0.05, 0.1) is 5.69 Å². The molecule has 1 aliphatic carbocycles. The Balaban J connectivity index is 1.39. The normalized spacial score (nSPS) is 17.8. The van der Waals surface area contributed by atoms with E-state index in [0.29, 0.717) is 27.8 Å². The number of hydrogen-bond acceptors (Lipinski definition) is 6. The van der Waals surface area contributed by atoms with Crippen molar-refractivity contribution in [3.8, 4) is 5.75 Å². The number of anilines is 1. The third kappa shape index (κ3) is 3.80. The van der Waals surface area contributed by atoms with Crippen LogP contribution in [0.2, 0.25) is 0 Å². The molecule has 28 heavy (non-hydrogen) atoms. The van der Waals surface area contributed by atoms with Crippen LogP contribution in [0.4, 0.5) is 5.69 Å². The smallest absolute Gasteiger partial charge is 0.348 e. The summed E-state index contributed by atoms with van der Waals surface area (Å²) in [5.74, 6) is 0.137. The Morgan fingerprint density at radius 1 is 1.32 bits per heavy atom. The number of ketones is 1. The zero-order valence-electron chi connectivity index (χ0n) is 15.6. The highest BCUT2D eigenvalue weighted by molar-refractivity contribution is 7.14. The van der Waals surface area contributed by atoms with Crippen molar-refractivity contribution in [3.05, 3.63) is 45.1 Å². The number of amides is 1. The lowest BCUT2D eigenvalue weighted by Gasteiger charge is -2.19. The molecule has 7 heteroatoms. The summed E-state index contributed by atoms with van der Waals surface area (Å²) in [6.07, 6.45) is 4.33. The van der Waals surface area contributed by atoms with Gasteiger partial charge in [-0.3, -0.25) is 9.59 Å². The van der Waals surface area contributed by atoms with Crippen molar-refractivity contribution in [1.29, 1.82) is 0 Å². The van der Waals surface area contributed by atoms with Crippen molar-refractivity contribution in [2.45, 2.75) is 32.6 Å². The molecule has 4 rings (SSSR count). The first-order valence-corrected chi connectivity index (χ1v) is 10.2. The van der Waals surface area contributed by atoms with E-state index >= 15 is 0 Å². The van der Waals surface area contributed by atoms with Crippen LogP contribution >= 0.6 is 11.3 Å². The van der Waals surface area contributed by atoms with Gasteiger partial charge in [-0.2, -0.15) is 0 Å². The van der Waals surface area contributed by atoms with Crippen molar-refractivity contribution in [3.63, 3.8) is 0 Å². The zero-order valence-corrected chi connectivity index (χ0v) is 16.4. The van der Waals surface area contributed by atoms with Crippen molar-refractivity contribution in [2.24, 2.45) is 5.92 Å². The molecule has 2 heterocycles. The van der Waals surface area contributed by atoms with Crippen molar-refractivity contribution < 1.29 is 23.9 Å². The number of aryl methyl sites for hydroxylation is 1. The number of thiophene rings is 1. The number of ether oxygens (including phenoxy) is 2. The molecule has 1 aromatic carbocycles. The number of hydrogen-bond donors (Lipinski definition) is 1. The monoisotopic (exact) mass is 399 g/mol. The standard InChI is InChI=1S/C21H21NO5S/c1-2-12-3-6-18-14(7-12)9-19(28-18)21(25)27-10-16(23)13-4-5-17-15(8-13)22-20(24)11-26-17/h4-5,8-9,12H,2-3,6-7,10-11H2,1H3,(H,22,24)/t12-/m1/s1. The number of carbonyl (C=O) groups excluding carboxylic acids is 3. The molecule has 6 nitrogen and oxygen atoms in total. The third-order valence-electron chi connectivity index (χ3n) is 5.23. The summed E-state index contributed by atoms with van der Waals surface area (Å²) < 4.78 is 10.5. The Kier molecular flexibility index (Phi) is 5.17. The number of nitrogens with one attached hydrogen (secondary N) is 1. The van der Waals surface area contributed by atoms with E-state index in [0.717, 1.165) is 25.7 Å². The summed E-state index contributed by atoms with van der Waals surface area (Å²) in [7, 11) is 0. The quantitative estimate of drug-likeness (QED) is 0.613. The van der Waals surface area contributed by atoms with Crippen molar-refractivity contribution in [2.75, 3.05) is 18.5 Å². The SMILES string of the molecule is CC[C@@H]1CCc2sc(C(=O)OCC(=O)c3ccc4c(c3)NC(=O)CO4)cc2C1. The topological polar surface area (TPSA) is 81.7 Å². The first-order chi connectivity index (χ1) is 13.5. The molecule has 0 unspecified atom stereocenters. The number of carbonyl (C=O) groups is 3. The van der Waals surface area contributed by atoms with Crippen LogP contribution in [0.1, 0.15) is 50.2 Å². The molecule has 1 atom stereocenters. The van der Waals surface area contributed by atoms with E-state index in [-0.39, 0.29) is 24.9 Å². The maximum absolute atomic E-state index is 12.4. The highest BCUT2D eigenvalue weighted by atomic mass is 32.1. The van der Waals surface area contributed by atoms with Crippen LogP contribution in [0.15, 0.2) is 24.3 Å². The molecule has 0 saturated heterocycles. The van der Waals surface area contributed by atoms with Gasteiger partial charge >= 0.3 is 5.97 Å². The number of esters is 1. The number of rotatable bonds is 5. The van der Waals surface area contributed by atoms with Crippen LogP contribution < -0.4 is 10.1 Å². The minimum atomic E-state index is -0.463. The first kappa shape index (κ1) is 18.7. The molecule has 0 radical (unpaired) electrons. The van der Waals surface area contributed by atoms with E-state index in [1.807, 2.05) is 6.07 Å². The zero-order chi connectivity index (χ0) is 19.7. The molecule has 0 bridgehead atoms. The van der Waals surface area contributed by atoms with Gasteiger partial charge in [0, 0.05) is 10.4 Å². The van der Waals surface area contributed by atoms with Crippen LogP contribution in [-0.4, -0.2) is 30.9 Å². The number of fused-ring (bicyclic) bond motifs is 2. The van der Waals surface area contributed by atoms with E-state index in [1.165, 1.54) is 27.8 Å². The van der Waals surface area contributed by atoms with Gasteiger partial charge in [-0.15, -0.1) is 11.3 Å². The summed E-state index contributed by atoms with van der Waals surface area (Å²) in [5, 5.41) is 2.66. The van der Waals surface area contributed by atoms with Gasteiger partial charge in [-0.1, -0.05) is 13.3 Å². The van der Waals surface area contributed by atoms with Crippen LogP contribution in [0.5, 0.6) is 5.75 Å². The van der Waals surface area contributed by atoms with E-state index in [2.05, 4.69) is 12.2 Å². The lowest BCUT2D eigenvalue weighted by Crippen LogP contribution is -2.25. The molecular formula is C21H21NO5S. The highest BCUT2D eigenvalue weighted by Crippen LogP contribution is 2.34. The van der Waals surface area contributed by atoms with Gasteiger partial charge in [0.1, 0.15) is 10.6 Å². The van der Waals surface area contributed by atoms with Gasteiger partial charge in [-0.25, -0.2) is 4.79 Å². The van der Waals surface area contributed by atoms with Gasteiger partial charge in [0.15, 0.2) is 19.0 Å². The summed E-state index contributed by atoms with van der Waals surface area (Å²) in [6.45, 7) is 1.81. The Bertz CT molecular complexity index is 948. The van der Waals surface area contributed by atoms with Crippen LogP contribution in [-0.2, 0) is 22.4 Å². The highest BCUT2D eigenvalue weighted by Gasteiger charge is 2.23. The molecule has 1 aromatic heterocycles. The molecule has 0 fully saturated rings. The van der Waals surface area contributed by atoms with Gasteiger partial charge in [0.25, 0.3) is 5.91 Å². The number of Topliss-reactive ketones (excluding diaryl/α,β-unsaturated/α-hetero) is 1. The Hall–Kier alpha value is -2.67. The minimum Gasteiger partial charge on any atom is -0.482 e. The Morgan fingerprint density at radius 3 is 3.00 bits per heavy atom. The van der Waals surface area contributed by atoms with Gasteiger partial charge < -0.3 is 14.8 Å². The maximum atomic E-state index is 12.4. The van der Waals surface area contributed by atoms with Crippen molar-refractivity contribution in [1.82, 2.24) is 0 Å². The predicted molar refractivity (Wildman–Crippen MR) is 105 cm³/mol. The molecule has 0 spiro atoms. The summed E-state index contributed by atoms with van der Waals surface area (Å²) in [4.78, 5) is 38.0. The van der Waals surface area contributed by atoms with Crippen LogP contribution in [0, 0.1) is 5.92 Å². The van der Waals surface area contributed by atoms with Gasteiger partial charge in [-0.05, 0) is 55.0 Å². The maximum Gasteiger partial charge on any atom is 0.348 e. The average molecular weight is 399 g/mol. The van der Waals surface area contributed by atoms with E-state index in [9.17, 15) is 14.4 Å². The minimum absolute atomic E-state index is 0.0400. The second-order valence-electron chi connectivity index (χ2n) is 7.12. The largest absolute Gasteiger partial charge is 0.482 e. The summed E-state index contributed by atoms with van der Waals surface area (Å²) >= 11 is 1.47. The van der Waals surface area contributed by atoms with E-state index in [4.69, 9.17) is 9.47 Å². The van der Waals surface area contributed by atoms with E-state index < -0.39 is 5.97 Å². The molecule has 1 amide bonds. The summed E-state index contributed by atoms with van der Waals surface area (Å²) in [6, 6.07) is 6.68. The fourth-order valence-electron chi connectivity index (χ4n) is 3.59. The molecule has 146 valence electrons. The first-order valence-electron chi connectivity index (χ1n) is 9.42.